The fraction of sp³-hybridized carbons (Fsp3) is 0.300. The second-order valence-corrected chi connectivity index (χ2v) is 10.0. The number of carboxylic acid groups (broad SMARTS) is 1. The molecule has 0 amide bonds. The van der Waals surface area contributed by atoms with E-state index in [4.69, 9.17) is 21.0 Å². The first-order valence-electron chi connectivity index (χ1n) is 13.3. The highest BCUT2D eigenvalue weighted by Crippen LogP contribution is 2.26. The van der Waals surface area contributed by atoms with E-state index >= 15 is 0 Å². The Morgan fingerprint density at radius 1 is 1.22 bits per heavy atom. The van der Waals surface area contributed by atoms with E-state index in [1.807, 2.05) is 6.07 Å². The van der Waals surface area contributed by atoms with Crippen LogP contribution >= 0.6 is 0 Å². The fourth-order valence-corrected chi connectivity index (χ4v) is 5.00. The lowest BCUT2D eigenvalue weighted by atomic mass is 10.0. The van der Waals surface area contributed by atoms with E-state index in [1.54, 1.807) is 30.5 Å². The number of imidazole rings is 1. The average molecular weight is 555 g/mol. The maximum Gasteiger partial charge on any atom is 0.335 e. The number of carboxylic acids is 1. The topological polar surface area (TPSA) is 107 Å². The van der Waals surface area contributed by atoms with Gasteiger partial charge in [-0.25, -0.2) is 24.0 Å². The third-order valence-electron chi connectivity index (χ3n) is 7.40. The first-order chi connectivity index (χ1) is 20.0. The third-order valence-corrected chi connectivity index (χ3v) is 7.40. The van der Waals surface area contributed by atoms with Gasteiger partial charge in [0.2, 0.25) is 0 Å². The van der Waals surface area contributed by atoms with Crippen molar-refractivity contribution in [2.24, 2.45) is 0 Å². The number of halogens is 1. The molecule has 10 nitrogen and oxygen atoms in total. The largest absolute Gasteiger partial charge is 0.478 e. The van der Waals surface area contributed by atoms with Crippen LogP contribution in [0.1, 0.15) is 40.3 Å². The van der Waals surface area contributed by atoms with Gasteiger partial charge in [0.25, 0.3) is 0 Å². The van der Waals surface area contributed by atoms with Crippen molar-refractivity contribution in [2.45, 2.75) is 38.6 Å². The van der Waals surface area contributed by atoms with Gasteiger partial charge in [0, 0.05) is 31.5 Å². The molecule has 0 radical (unpaired) electrons. The molecule has 208 valence electrons. The number of aromatic carboxylic acids is 1. The summed E-state index contributed by atoms with van der Waals surface area (Å²) >= 11 is 0. The standard InChI is InChI=1S/C30H27FN6O4/c1-32-22-4-2-21(24(31)15-22)18-41-30-33-10-6-25(35-30)19-7-11-36(12-8-19)17-28-34-26-5-3-20(29(38)39)14-27(26)37(28)16-23-9-13-40-23/h2-7,10,14-15,23H,8-9,11-13,16-18H2,(H,38,39)/t23-/m0/s1. The zero-order valence-corrected chi connectivity index (χ0v) is 22.2. The van der Waals surface area contributed by atoms with E-state index in [0.29, 0.717) is 25.2 Å². The summed E-state index contributed by atoms with van der Waals surface area (Å²) < 4.78 is 27.6. The first kappa shape index (κ1) is 26.6. The van der Waals surface area contributed by atoms with Crippen molar-refractivity contribution < 1.29 is 23.8 Å². The Hall–Kier alpha value is -4.66. The normalized spacial score (nSPS) is 17.1. The maximum atomic E-state index is 14.2. The average Bonchev–Trinajstić information content (AvgIpc) is 3.30. The number of rotatable bonds is 9. The molecule has 0 saturated carbocycles. The van der Waals surface area contributed by atoms with Crippen molar-refractivity contribution in [3.8, 4) is 6.01 Å². The van der Waals surface area contributed by atoms with Crippen LogP contribution in [0.4, 0.5) is 10.1 Å². The van der Waals surface area contributed by atoms with Crippen LogP contribution in [0, 0.1) is 12.4 Å². The second-order valence-electron chi connectivity index (χ2n) is 10.0. The Kier molecular flexibility index (Phi) is 7.41. The molecule has 1 saturated heterocycles. The van der Waals surface area contributed by atoms with E-state index in [2.05, 4.69) is 30.4 Å². The fourth-order valence-electron chi connectivity index (χ4n) is 5.00. The van der Waals surface area contributed by atoms with Crippen LogP contribution < -0.4 is 4.74 Å². The number of fused-ring (bicyclic) bond motifs is 1. The summed E-state index contributed by atoms with van der Waals surface area (Å²) in [5.41, 5.74) is 4.21. The number of benzene rings is 2. The van der Waals surface area contributed by atoms with Gasteiger partial charge >= 0.3 is 12.0 Å². The SMILES string of the molecule is [C-]#[N+]c1ccc(COc2nccc(C3=CCN(Cc4nc5ccc(C(=O)O)cc5n4C[C@@H]4CCO4)CC3)n2)c(F)c1. The molecule has 6 rings (SSSR count). The summed E-state index contributed by atoms with van der Waals surface area (Å²) in [6, 6.07) is 11.3. The number of hydrogen-bond donors (Lipinski definition) is 1. The molecule has 2 aromatic heterocycles. The summed E-state index contributed by atoms with van der Waals surface area (Å²) in [6.45, 7) is 10.4. The zero-order valence-electron chi connectivity index (χ0n) is 22.2. The van der Waals surface area contributed by atoms with E-state index in [9.17, 15) is 14.3 Å². The van der Waals surface area contributed by atoms with E-state index < -0.39 is 11.8 Å². The highest BCUT2D eigenvalue weighted by molar-refractivity contribution is 5.92. The summed E-state index contributed by atoms with van der Waals surface area (Å²) in [5.74, 6) is -0.583. The van der Waals surface area contributed by atoms with Crippen molar-refractivity contribution in [2.75, 3.05) is 19.7 Å². The Labute approximate surface area is 235 Å². The Bertz CT molecular complexity index is 1690. The molecular weight excluding hydrogens is 527 g/mol. The van der Waals surface area contributed by atoms with Gasteiger partial charge in [-0.1, -0.05) is 18.2 Å². The lowest BCUT2D eigenvalue weighted by molar-refractivity contribution is -0.0591. The Balaban J connectivity index is 1.14. The van der Waals surface area contributed by atoms with Gasteiger partial charge in [0.1, 0.15) is 18.2 Å². The minimum atomic E-state index is -0.963. The third kappa shape index (κ3) is 5.79. The molecule has 0 unspecified atom stereocenters. The van der Waals surface area contributed by atoms with Gasteiger partial charge in [-0.3, -0.25) is 4.90 Å². The molecule has 0 bridgehead atoms. The molecule has 1 fully saturated rings. The molecule has 1 atom stereocenters. The van der Waals surface area contributed by atoms with Crippen molar-refractivity contribution in [3.05, 3.63) is 94.6 Å². The molecule has 4 heterocycles. The number of ether oxygens (including phenoxy) is 2. The van der Waals surface area contributed by atoms with Gasteiger partial charge in [0.15, 0.2) is 5.69 Å². The maximum absolute atomic E-state index is 14.2. The Morgan fingerprint density at radius 3 is 2.80 bits per heavy atom. The lowest BCUT2D eigenvalue weighted by Gasteiger charge is -2.29. The minimum Gasteiger partial charge on any atom is -0.478 e. The van der Waals surface area contributed by atoms with E-state index in [0.717, 1.165) is 54.1 Å². The molecule has 41 heavy (non-hydrogen) atoms. The minimum absolute atomic E-state index is 0.0404. The summed E-state index contributed by atoms with van der Waals surface area (Å²) in [4.78, 5) is 30.6. The van der Waals surface area contributed by atoms with E-state index in [1.165, 1.54) is 12.1 Å². The summed E-state index contributed by atoms with van der Waals surface area (Å²) in [7, 11) is 0. The number of hydrogen-bond acceptors (Lipinski definition) is 7. The summed E-state index contributed by atoms with van der Waals surface area (Å²) in [5, 5.41) is 9.48. The highest BCUT2D eigenvalue weighted by Gasteiger charge is 2.24. The van der Waals surface area contributed by atoms with E-state index in [-0.39, 0.29) is 30.0 Å². The monoisotopic (exact) mass is 554 g/mol. The van der Waals surface area contributed by atoms with Crippen molar-refractivity contribution in [3.63, 3.8) is 0 Å². The van der Waals surface area contributed by atoms with Gasteiger partial charge in [0.05, 0.1) is 48.1 Å². The first-order valence-corrected chi connectivity index (χ1v) is 13.3. The van der Waals surface area contributed by atoms with Crippen LogP contribution in [-0.2, 0) is 24.4 Å². The molecule has 2 aromatic carbocycles. The zero-order chi connectivity index (χ0) is 28.3. The Morgan fingerprint density at radius 2 is 2.10 bits per heavy atom. The highest BCUT2D eigenvalue weighted by atomic mass is 19.1. The molecule has 1 N–H and O–H groups in total. The molecule has 4 aromatic rings. The molecular formula is C30H27FN6O4. The van der Waals surface area contributed by atoms with Crippen LogP contribution in [0.2, 0.25) is 0 Å². The number of aromatic nitrogens is 4. The molecule has 0 aliphatic carbocycles. The molecule has 2 aliphatic rings. The van der Waals surface area contributed by atoms with Crippen molar-refractivity contribution >= 4 is 28.3 Å². The van der Waals surface area contributed by atoms with Crippen molar-refractivity contribution in [1.82, 2.24) is 24.4 Å². The second kappa shape index (κ2) is 11.4. The molecule has 11 heteroatoms. The predicted molar refractivity (Wildman–Crippen MR) is 148 cm³/mol. The van der Waals surface area contributed by atoms with Crippen LogP contribution in [0.25, 0.3) is 21.5 Å². The molecule has 2 aliphatic heterocycles. The molecule has 0 spiro atoms. The van der Waals surface area contributed by atoms with Gasteiger partial charge < -0.3 is 19.1 Å². The quantitative estimate of drug-likeness (QED) is 0.292. The summed E-state index contributed by atoms with van der Waals surface area (Å²) in [6.07, 6.45) is 5.60. The smallest absolute Gasteiger partial charge is 0.335 e. The number of carbonyl (C=O) groups is 1. The van der Waals surface area contributed by atoms with Gasteiger partial charge in [-0.05, 0) is 48.7 Å². The van der Waals surface area contributed by atoms with Crippen LogP contribution in [0.5, 0.6) is 6.01 Å². The lowest BCUT2D eigenvalue weighted by Crippen LogP contribution is -2.33. The van der Waals surface area contributed by atoms with Gasteiger partial charge in [-0.15, -0.1) is 0 Å². The van der Waals surface area contributed by atoms with Crippen LogP contribution in [-0.4, -0.2) is 61.3 Å². The predicted octanol–water partition coefficient (Wildman–Crippen LogP) is 4.87. The van der Waals surface area contributed by atoms with Crippen LogP contribution in [0.3, 0.4) is 0 Å². The van der Waals surface area contributed by atoms with Gasteiger partial charge in [-0.2, -0.15) is 4.98 Å². The number of nitrogens with zero attached hydrogens (tertiary/aromatic N) is 6. The van der Waals surface area contributed by atoms with Crippen LogP contribution in [0.15, 0.2) is 54.7 Å². The van der Waals surface area contributed by atoms with Crippen molar-refractivity contribution in [1.29, 1.82) is 0 Å².